The predicted molar refractivity (Wildman–Crippen MR) is 193 cm³/mol. The largest absolute Gasteiger partial charge is 0.493 e. The van der Waals surface area contributed by atoms with Crippen molar-refractivity contribution >= 4 is 15.7 Å². The summed E-state index contributed by atoms with van der Waals surface area (Å²) in [6.45, 7) is 9.94. The zero-order chi connectivity index (χ0) is 35.3. The van der Waals surface area contributed by atoms with Crippen molar-refractivity contribution in [2.45, 2.75) is 75.8 Å². The lowest BCUT2D eigenvalue weighted by Gasteiger charge is -2.43. The number of aliphatic hydroxyl groups excluding tert-OH is 1. The van der Waals surface area contributed by atoms with Crippen molar-refractivity contribution in [1.29, 1.82) is 0 Å². The third-order valence-electron chi connectivity index (χ3n) is 9.78. The van der Waals surface area contributed by atoms with Gasteiger partial charge in [-0.1, -0.05) is 29.8 Å². The quantitative estimate of drug-likeness (QED) is 0.194. The molecule has 3 aromatic rings. The summed E-state index contributed by atoms with van der Waals surface area (Å²) in [5, 5.41) is 10.2. The molecule has 2 fully saturated rings. The van der Waals surface area contributed by atoms with Crippen LogP contribution in [0.1, 0.15) is 54.4 Å². The van der Waals surface area contributed by atoms with Gasteiger partial charge in [0.2, 0.25) is 10.0 Å². The Labute approximate surface area is 297 Å². The molecule has 3 aliphatic rings. The van der Waals surface area contributed by atoms with Crippen molar-refractivity contribution in [2.24, 2.45) is 5.92 Å². The lowest BCUT2D eigenvalue weighted by Crippen LogP contribution is -2.54. The Hall–Kier alpha value is -3.19. The molecule has 0 radical (unpaired) electrons. The first-order valence-corrected chi connectivity index (χ1v) is 19.3. The molecule has 0 spiro atoms. The summed E-state index contributed by atoms with van der Waals surface area (Å²) in [6, 6.07) is 19.1. The summed E-state index contributed by atoms with van der Waals surface area (Å²) < 4.78 is 60.2. The third-order valence-corrected chi connectivity index (χ3v) is 11.6. The second-order valence-corrected chi connectivity index (χ2v) is 15.9. The fourth-order valence-electron chi connectivity index (χ4n) is 6.83. The van der Waals surface area contributed by atoms with Crippen LogP contribution in [0.4, 0.5) is 5.69 Å². The van der Waals surface area contributed by atoms with Crippen LogP contribution in [0.2, 0.25) is 0 Å². The maximum atomic E-state index is 14.1. The Kier molecular flexibility index (Phi) is 12.0. The van der Waals surface area contributed by atoms with Crippen molar-refractivity contribution in [3.63, 3.8) is 0 Å². The van der Waals surface area contributed by atoms with E-state index in [1.165, 1.54) is 17.1 Å². The summed E-state index contributed by atoms with van der Waals surface area (Å²) in [4.78, 5) is 2.54. The Morgan fingerprint density at radius 2 is 1.74 bits per heavy atom. The van der Waals surface area contributed by atoms with Crippen molar-refractivity contribution in [3.05, 3.63) is 82.9 Å². The summed E-state index contributed by atoms with van der Waals surface area (Å²) in [6.07, 6.45) is 1.49. The molecule has 4 atom stereocenters. The molecular weight excluding hydrogens is 657 g/mol. The smallest absolute Gasteiger partial charge is 0.243 e. The number of fused-ring (bicyclic) bond motifs is 1. The van der Waals surface area contributed by atoms with Gasteiger partial charge in [-0.2, -0.15) is 4.31 Å². The minimum absolute atomic E-state index is 0.0671. The van der Waals surface area contributed by atoms with Crippen LogP contribution < -0.4 is 14.4 Å². The van der Waals surface area contributed by atoms with Crippen LogP contribution in [0.3, 0.4) is 0 Å². The Bertz CT molecular complexity index is 1680. The molecule has 1 saturated carbocycles. The van der Waals surface area contributed by atoms with Crippen molar-refractivity contribution < 1.29 is 37.2 Å². The number of nitrogens with zero attached hydrogens (tertiary/aromatic N) is 2. The maximum Gasteiger partial charge on any atom is 0.243 e. The first-order chi connectivity index (χ1) is 24.1. The maximum absolute atomic E-state index is 14.1. The SMILES string of the molecule is COCCCN1CCOc2ccc(CO[C@H]3CN(S(=O)(=O)c4ccc(C)cc4)C[C@@H](OCC(C)O)[C@@H]3c3ccc(OCC4CC4)cc3C)cc21. The number of benzene rings is 3. The van der Waals surface area contributed by atoms with Gasteiger partial charge in [-0.15, -0.1) is 0 Å². The summed E-state index contributed by atoms with van der Waals surface area (Å²) in [5.74, 6) is 2.00. The fraction of sp³-hybridized carbons (Fsp3) is 0.538. The van der Waals surface area contributed by atoms with Gasteiger partial charge in [0.05, 0.1) is 55.3 Å². The summed E-state index contributed by atoms with van der Waals surface area (Å²) >= 11 is 0. The van der Waals surface area contributed by atoms with E-state index in [4.69, 9.17) is 23.7 Å². The number of methoxy groups -OCH3 is 1. The van der Waals surface area contributed by atoms with Crippen LogP contribution in [-0.2, 0) is 30.8 Å². The van der Waals surface area contributed by atoms with Gasteiger partial charge in [0.15, 0.2) is 0 Å². The highest BCUT2D eigenvalue weighted by Gasteiger charge is 2.44. The molecule has 2 heterocycles. The number of piperidine rings is 1. The van der Waals surface area contributed by atoms with Crippen LogP contribution in [0.5, 0.6) is 11.5 Å². The van der Waals surface area contributed by atoms with Gasteiger partial charge in [-0.25, -0.2) is 8.42 Å². The van der Waals surface area contributed by atoms with Crippen LogP contribution in [0.15, 0.2) is 65.6 Å². The molecule has 1 N–H and O–H groups in total. The molecule has 1 saturated heterocycles. The van der Waals surface area contributed by atoms with Crippen LogP contribution in [0.25, 0.3) is 0 Å². The van der Waals surface area contributed by atoms with Gasteiger partial charge >= 0.3 is 0 Å². The lowest BCUT2D eigenvalue weighted by molar-refractivity contribution is -0.0917. The number of hydrogen-bond acceptors (Lipinski definition) is 9. The topological polar surface area (TPSA) is 107 Å². The normalized spacial score (nSPS) is 21.8. The molecule has 0 amide bonds. The first-order valence-electron chi connectivity index (χ1n) is 17.8. The standard InChI is InChI=1S/C39H52N2O8S/c1-27-6-12-33(13-7-27)50(43,44)41-22-37(48-24-29(3)42)39(34-14-11-32(20-28(34)2)47-25-30-8-9-30)38(23-41)49-26-31-10-15-36-35(21-31)40(17-19-46-36)16-5-18-45-4/h6-7,10-15,20-21,29-30,37-39,42H,5,8-9,16-19,22-26H2,1-4H3/t29?,37-,38+,39+/m1/s1. The molecule has 6 rings (SSSR count). The van der Waals surface area contributed by atoms with Gasteiger partial charge in [0, 0.05) is 39.3 Å². The molecule has 1 aliphatic carbocycles. The van der Waals surface area contributed by atoms with Crippen LogP contribution in [-0.4, -0.2) is 95.9 Å². The van der Waals surface area contributed by atoms with Crippen molar-refractivity contribution in [2.75, 3.05) is 64.6 Å². The molecule has 3 aromatic carbocycles. The Morgan fingerprint density at radius 3 is 2.44 bits per heavy atom. The van der Waals surface area contributed by atoms with Crippen LogP contribution in [0, 0.1) is 19.8 Å². The number of ether oxygens (including phenoxy) is 5. The first kappa shape index (κ1) is 36.6. The number of hydrogen-bond donors (Lipinski definition) is 1. The third kappa shape index (κ3) is 8.99. The second-order valence-electron chi connectivity index (χ2n) is 14.0. The second kappa shape index (κ2) is 16.4. The van der Waals surface area contributed by atoms with Crippen molar-refractivity contribution in [3.8, 4) is 11.5 Å². The van der Waals surface area contributed by atoms with E-state index in [0.717, 1.165) is 65.6 Å². The fourth-order valence-corrected chi connectivity index (χ4v) is 8.29. The van der Waals surface area contributed by atoms with E-state index in [1.54, 1.807) is 26.2 Å². The molecule has 50 heavy (non-hydrogen) atoms. The molecule has 0 bridgehead atoms. The van der Waals surface area contributed by atoms with Gasteiger partial charge < -0.3 is 33.7 Å². The molecule has 1 unspecified atom stereocenters. The van der Waals surface area contributed by atoms with E-state index in [0.29, 0.717) is 19.1 Å². The average molecular weight is 709 g/mol. The van der Waals surface area contributed by atoms with E-state index >= 15 is 0 Å². The number of rotatable bonds is 16. The van der Waals surface area contributed by atoms with E-state index in [2.05, 4.69) is 30.0 Å². The highest BCUT2D eigenvalue weighted by Crippen LogP contribution is 2.39. The van der Waals surface area contributed by atoms with Crippen LogP contribution >= 0.6 is 0 Å². The zero-order valence-corrected chi connectivity index (χ0v) is 30.6. The Balaban J connectivity index is 1.31. The molecule has 272 valence electrons. The minimum Gasteiger partial charge on any atom is -0.493 e. The number of aryl methyl sites for hydroxylation is 2. The summed E-state index contributed by atoms with van der Waals surface area (Å²) in [5.41, 5.74) is 5.00. The average Bonchev–Trinajstić information content (AvgIpc) is 3.94. The van der Waals surface area contributed by atoms with Gasteiger partial charge in [0.25, 0.3) is 0 Å². The Morgan fingerprint density at radius 1 is 0.980 bits per heavy atom. The number of aliphatic hydroxyl groups is 1. The van der Waals surface area contributed by atoms with Gasteiger partial charge in [0.1, 0.15) is 18.1 Å². The van der Waals surface area contributed by atoms with Gasteiger partial charge in [-0.05, 0) is 99.0 Å². The van der Waals surface area contributed by atoms with E-state index in [-0.39, 0.29) is 37.1 Å². The van der Waals surface area contributed by atoms with Gasteiger partial charge in [-0.3, -0.25) is 0 Å². The highest BCUT2D eigenvalue weighted by molar-refractivity contribution is 7.89. The summed E-state index contributed by atoms with van der Waals surface area (Å²) in [7, 11) is -2.16. The molecule has 11 heteroatoms. The lowest BCUT2D eigenvalue weighted by atomic mass is 9.83. The molecule has 0 aromatic heterocycles. The molecule has 10 nitrogen and oxygen atoms in total. The number of sulfonamides is 1. The minimum atomic E-state index is -3.87. The zero-order valence-electron chi connectivity index (χ0n) is 29.8. The number of anilines is 1. The van der Waals surface area contributed by atoms with E-state index in [1.807, 2.05) is 37.3 Å². The highest BCUT2D eigenvalue weighted by atomic mass is 32.2. The van der Waals surface area contributed by atoms with E-state index < -0.39 is 28.3 Å². The molecule has 2 aliphatic heterocycles. The van der Waals surface area contributed by atoms with Crippen molar-refractivity contribution in [1.82, 2.24) is 4.31 Å². The predicted octanol–water partition coefficient (Wildman–Crippen LogP) is 5.47. The molecular formula is C39H52N2O8S. The monoisotopic (exact) mass is 708 g/mol. The van der Waals surface area contributed by atoms with E-state index in [9.17, 15) is 13.5 Å².